The van der Waals surface area contributed by atoms with Gasteiger partial charge in [0.2, 0.25) is 11.8 Å². The van der Waals surface area contributed by atoms with Crippen LogP contribution in [0, 0.1) is 0 Å². The van der Waals surface area contributed by atoms with Crippen LogP contribution in [0.1, 0.15) is 48.5 Å². The van der Waals surface area contributed by atoms with E-state index in [4.69, 9.17) is 37.9 Å². The van der Waals surface area contributed by atoms with Crippen molar-refractivity contribution in [2.24, 2.45) is 0 Å². The second kappa shape index (κ2) is 16.3. The molecule has 18 nitrogen and oxygen atoms in total. The first-order chi connectivity index (χ1) is 20.5. The standard InChI is InChI=1S/C26H38N2O16/c1-10(29)27-19-23(40-15(6)34)22(17(42-25(19)36)8-37-12(3)31)44-26-20(28-11(2)30)24(41-16(7)35)21(39-14(5)33)18(43-26)9-38-13(4)32/h17-26,36H,8-9H2,1-7H3,(H,27,29)(H,28,30)/t17-,18-,19-,20-,21-,22+,23-,24-,25-,26+/m1/s1. The Hall–Kier alpha value is -3.87. The molecule has 2 aliphatic heterocycles. The van der Waals surface area contributed by atoms with Gasteiger partial charge in [0.1, 0.15) is 43.6 Å². The zero-order chi connectivity index (χ0) is 33.3. The van der Waals surface area contributed by atoms with Gasteiger partial charge in [0.25, 0.3) is 0 Å². The molecule has 0 bridgehead atoms. The van der Waals surface area contributed by atoms with Gasteiger partial charge in [0.05, 0.1) is 0 Å². The number of carbonyl (C=O) groups is 7. The van der Waals surface area contributed by atoms with Crippen LogP contribution in [0.2, 0.25) is 0 Å². The maximum atomic E-state index is 12.3. The zero-order valence-corrected chi connectivity index (χ0v) is 25.3. The zero-order valence-electron chi connectivity index (χ0n) is 25.3. The lowest BCUT2D eigenvalue weighted by atomic mass is 9.94. The van der Waals surface area contributed by atoms with E-state index in [2.05, 4.69) is 10.6 Å². The fraction of sp³-hybridized carbons (Fsp3) is 0.731. The summed E-state index contributed by atoms with van der Waals surface area (Å²) >= 11 is 0. The smallest absolute Gasteiger partial charge is 0.303 e. The number of nitrogens with one attached hydrogen (secondary N) is 2. The summed E-state index contributed by atoms with van der Waals surface area (Å²) in [6, 6.07) is -2.83. The molecule has 44 heavy (non-hydrogen) atoms. The van der Waals surface area contributed by atoms with Crippen molar-refractivity contribution >= 4 is 41.7 Å². The lowest BCUT2D eigenvalue weighted by molar-refractivity contribution is -0.330. The minimum absolute atomic E-state index is 0.531. The molecule has 0 radical (unpaired) electrons. The third-order valence-corrected chi connectivity index (χ3v) is 6.15. The average Bonchev–Trinajstić information content (AvgIpc) is 2.87. The molecule has 0 spiro atoms. The Morgan fingerprint density at radius 1 is 0.568 bits per heavy atom. The largest absolute Gasteiger partial charge is 0.463 e. The molecule has 2 rings (SSSR count). The molecule has 2 amide bonds. The predicted molar refractivity (Wildman–Crippen MR) is 140 cm³/mol. The Morgan fingerprint density at radius 3 is 1.41 bits per heavy atom. The molecule has 0 aromatic heterocycles. The van der Waals surface area contributed by atoms with Gasteiger partial charge < -0.3 is 53.6 Å². The Labute approximate surface area is 252 Å². The molecule has 3 N–H and O–H groups in total. The highest BCUT2D eigenvalue weighted by atomic mass is 16.7. The maximum Gasteiger partial charge on any atom is 0.303 e. The summed E-state index contributed by atoms with van der Waals surface area (Å²) in [5.41, 5.74) is 0. The average molecular weight is 635 g/mol. The number of aliphatic hydroxyl groups excluding tert-OH is 1. The van der Waals surface area contributed by atoms with Crippen LogP contribution >= 0.6 is 0 Å². The first-order valence-corrected chi connectivity index (χ1v) is 13.5. The van der Waals surface area contributed by atoms with Crippen molar-refractivity contribution in [3.8, 4) is 0 Å². The topological polar surface area (TPSA) is 238 Å². The normalized spacial score (nSPS) is 31.5. The number of esters is 5. The maximum absolute atomic E-state index is 12.3. The highest BCUT2D eigenvalue weighted by molar-refractivity contribution is 5.74. The van der Waals surface area contributed by atoms with Crippen molar-refractivity contribution in [3.63, 3.8) is 0 Å². The van der Waals surface area contributed by atoms with Crippen LogP contribution in [-0.2, 0) is 71.5 Å². The Kier molecular flexibility index (Phi) is 13.4. The van der Waals surface area contributed by atoms with Crippen LogP contribution in [0.3, 0.4) is 0 Å². The number of amides is 2. The summed E-state index contributed by atoms with van der Waals surface area (Å²) in [5.74, 6) is -5.31. The molecule has 2 fully saturated rings. The van der Waals surface area contributed by atoms with E-state index in [0.717, 1.165) is 48.5 Å². The van der Waals surface area contributed by atoms with E-state index in [-0.39, 0.29) is 0 Å². The van der Waals surface area contributed by atoms with Crippen LogP contribution < -0.4 is 10.6 Å². The number of rotatable bonds is 11. The SMILES string of the molecule is CC(=O)N[C@@H]1[C@@H](OC(C)=O)[C@@H](O[C@@H]2O[C@H](COC(C)=O)[C@@H](OC(C)=O)[C@H](OC(C)=O)[C@H]2NC(C)=O)[C@@H](COC(C)=O)O[C@H]1O. The van der Waals surface area contributed by atoms with Crippen LogP contribution in [-0.4, -0.2) is 121 Å². The van der Waals surface area contributed by atoms with Gasteiger partial charge in [-0.2, -0.15) is 0 Å². The summed E-state index contributed by atoms with van der Waals surface area (Å²) in [4.78, 5) is 83.8. The molecule has 2 aliphatic rings. The van der Waals surface area contributed by atoms with E-state index in [1.807, 2.05) is 0 Å². The van der Waals surface area contributed by atoms with Crippen LogP contribution in [0.15, 0.2) is 0 Å². The highest BCUT2D eigenvalue weighted by Crippen LogP contribution is 2.33. The van der Waals surface area contributed by atoms with E-state index in [1.165, 1.54) is 0 Å². The minimum Gasteiger partial charge on any atom is -0.463 e. The molecule has 18 heteroatoms. The fourth-order valence-corrected chi connectivity index (χ4v) is 4.70. The van der Waals surface area contributed by atoms with Gasteiger partial charge in [-0.15, -0.1) is 0 Å². The quantitative estimate of drug-likeness (QED) is 0.161. The van der Waals surface area contributed by atoms with Gasteiger partial charge in [0.15, 0.2) is 30.9 Å². The van der Waals surface area contributed by atoms with Crippen LogP contribution in [0.25, 0.3) is 0 Å². The van der Waals surface area contributed by atoms with E-state index in [9.17, 15) is 38.7 Å². The second-order valence-corrected chi connectivity index (χ2v) is 9.99. The molecule has 0 saturated carbocycles. The summed E-state index contributed by atoms with van der Waals surface area (Å²) < 4.78 is 44.2. The molecule has 0 aliphatic carbocycles. The van der Waals surface area contributed by atoms with Crippen molar-refractivity contribution in [1.82, 2.24) is 10.6 Å². The van der Waals surface area contributed by atoms with Gasteiger partial charge in [-0.1, -0.05) is 0 Å². The van der Waals surface area contributed by atoms with Crippen molar-refractivity contribution in [3.05, 3.63) is 0 Å². The van der Waals surface area contributed by atoms with Crippen molar-refractivity contribution in [2.75, 3.05) is 13.2 Å². The van der Waals surface area contributed by atoms with E-state index < -0.39 is 116 Å². The summed E-state index contributed by atoms with van der Waals surface area (Å²) in [7, 11) is 0. The molecule has 0 unspecified atom stereocenters. The Bertz CT molecular complexity index is 1100. The first kappa shape index (κ1) is 36.3. The van der Waals surface area contributed by atoms with Crippen molar-refractivity contribution in [2.45, 2.75) is 110 Å². The van der Waals surface area contributed by atoms with Crippen molar-refractivity contribution < 1.29 is 76.6 Å². The van der Waals surface area contributed by atoms with E-state index in [1.54, 1.807) is 0 Å². The Morgan fingerprint density at radius 2 is 0.977 bits per heavy atom. The lowest BCUT2D eigenvalue weighted by Gasteiger charge is -2.49. The molecular formula is C26H38N2O16. The molecule has 10 atom stereocenters. The van der Waals surface area contributed by atoms with E-state index in [0.29, 0.717) is 0 Å². The number of carbonyl (C=O) groups excluding carboxylic acids is 7. The van der Waals surface area contributed by atoms with Gasteiger partial charge >= 0.3 is 29.8 Å². The molecular weight excluding hydrogens is 596 g/mol. The molecule has 2 saturated heterocycles. The van der Waals surface area contributed by atoms with Crippen LogP contribution in [0.4, 0.5) is 0 Å². The monoisotopic (exact) mass is 634 g/mol. The lowest BCUT2D eigenvalue weighted by Crippen LogP contribution is -2.70. The molecule has 0 aromatic rings. The third-order valence-electron chi connectivity index (χ3n) is 6.15. The summed E-state index contributed by atoms with van der Waals surface area (Å²) in [5, 5.41) is 15.6. The van der Waals surface area contributed by atoms with Crippen LogP contribution in [0.5, 0.6) is 0 Å². The summed E-state index contributed by atoms with van der Waals surface area (Å²) in [6.45, 7) is 6.58. The number of hydrogen-bond acceptors (Lipinski definition) is 16. The third kappa shape index (κ3) is 10.7. The molecule has 0 aromatic carbocycles. The number of ether oxygens (including phenoxy) is 8. The van der Waals surface area contributed by atoms with Gasteiger partial charge in [-0.3, -0.25) is 33.6 Å². The predicted octanol–water partition coefficient (Wildman–Crippen LogP) is -2.26. The van der Waals surface area contributed by atoms with Gasteiger partial charge in [0, 0.05) is 48.5 Å². The van der Waals surface area contributed by atoms with Gasteiger partial charge in [-0.05, 0) is 0 Å². The number of hydrogen-bond donors (Lipinski definition) is 3. The minimum atomic E-state index is -1.78. The Balaban J connectivity index is 2.66. The second-order valence-electron chi connectivity index (χ2n) is 9.99. The molecule has 248 valence electrons. The van der Waals surface area contributed by atoms with Crippen molar-refractivity contribution in [1.29, 1.82) is 0 Å². The van der Waals surface area contributed by atoms with E-state index >= 15 is 0 Å². The summed E-state index contributed by atoms with van der Waals surface area (Å²) in [6.07, 6.45) is -12.1. The molecule has 2 heterocycles. The highest BCUT2D eigenvalue weighted by Gasteiger charge is 2.55. The van der Waals surface area contributed by atoms with Gasteiger partial charge in [-0.25, -0.2) is 0 Å². The first-order valence-electron chi connectivity index (χ1n) is 13.5. The number of aliphatic hydroxyl groups is 1. The fourth-order valence-electron chi connectivity index (χ4n) is 4.70.